The zero-order valence-corrected chi connectivity index (χ0v) is 16.6. The fourth-order valence-electron chi connectivity index (χ4n) is 3.60. The van der Waals surface area contributed by atoms with E-state index in [0.29, 0.717) is 39.9 Å². The van der Waals surface area contributed by atoms with Crippen molar-refractivity contribution in [2.24, 2.45) is 5.92 Å². The summed E-state index contributed by atoms with van der Waals surface area (Å²) < 4.78 is 29.6. The lowest BCUT2D eigenvalue weighted by Crippen LogP contribution is -2.15. The van der Waals surface area contributed by atoms with Gasteiger partial charge in [-0.15, -0.1) is 0 Å². The minimum Gasteiger partial charge on any atom is -0.381 e. The molecule has 1 aliphatic carbocycles. The van der Waals surface area contributed by atoms with E-state index in [1.54, 1.807) is 35.1 Å². The first kappa shape index (κ1) is 18.8. The predicted octanol–water partition coefficient (Wildman–Crippen LogP) is 4.40. The molecule has 4 aromatic rings. The van der Waals surface area contributed by atoms with Crippen LogP contribution in [0.25, 0.3) is 27.5 Å². The van der Waals surface area contributed by atoms with Crippen molar-refractivity contribution in [1.82, 2.24) is 19.8 Å². The largest absolute Gasteiger partial charge is 0.381 e. The first-order chi connectivity index (χ1) is 14.5. The molecule has 30 heavy (non-hydrogen) atoms. The smallest absolute Gasteiger partial charge is 0.231 e. The molecular weight excluding hydrogens is 414 g/mol. The number of aromatic nitrogens is 4. The Morgan fingerprint density at radius 3 is 2.97 bits per heavy atom. The molecular formula is C20H17ClF2N6O. The van der Waals surface area contributed by atoms with Crippen molar-refractivity contribution in [2.45, 2.75) is 19.5 Å². The van der Waals surface area contributed by atoms with Crippen LogP contribution in [0.4, 0.5) is 20.3 Å². The van der Waals surface area contributed by atoms with Crippen molar-refractivity contribution in [1.29, 1.82) is 0 Å². The lowest BCUT2D eigenvalue weighted by atomic mass is 10.0. The molecule has 2 unspecified atom stereocenters. The van der Waals surface area contributed by atoms with Crippen molar-refractivity contribution in [2.75, 3.05) is 17.2 Å². The van der Waals surface area contributed by atoms with Crippen LogP contribution in [-0.4, -0.2) is 38.4 Å². The number of benzene rings is 1. The van der Waals surface area contributed by atoms with Crippen LogP contribution in [0.15, 0.2) is 30.6 Å². The van der Waals surface area contributed by atoms with Crippen LogP contribution >= 0.6 is 11.6 Å². The summed E-state index contributed by atoms with van der Waals surface area (Å²) in [6.45, 7) is 2.39. The van der Waals surface area contributed by atoms with Crippen LogP contribution in [0, 0.1) is 11.7 Å². The van der Waals surface area contributed by atoms with Gasteiger partial charge in [-0.2, -0.15) is 10.2 Å². The number of nitrogens with zero attached hydrogens (tertiary/aromatic N) is 3. The monoisotopic (exact) mass is 430 g/mol. The number of amides is 1. The molecule has 0 radical (unpaired) electrons. The highest BCUT2D eigenvalue weighted by Crippen LogP contribution is 2.41. The maximum atomic E-state index is 15.0. The molecule has 154 valence electrons. The van der Waals surface area contributed by atoms with Crippen LogP contribution in [0.5, 0.6) is 0 Å². The number of nitrogens with one attached hydrogen (secondary N) is 3. The van der Waals surface area contributed by atoms with Crippen molar-refractivity contribution in [3.05, 3.63) is 41.4 Å². The Hall–Kier alpha value is -3.20. The van der Waals surface area contributed by atoms with Crippen LogP contribution in [0.3, 0.4) is 0 Å². The topological polar surface area (TPSA) is 87.1 Å². The van der Waals surface area contributed by atoms with Crippen LogP contribution in [-0.2, 0) is 4.79 Å². The van der Waals surface area contributed by atoms with Gasteiger partial charge in [-0.25, -0.2) is 13.3 Å². The first-order valence-electron chi connectivity index (χ1n) is 9.50. The van der Waals surface area contributed by atoms with E-state index in [9.17, 15) is 13.6 Å². The quantitative estimate of drug-likeness (QED) is 0.438. The van der Waals surface area contributed by atoms with Crippen molar-refractivity contribution in [3.63, 3.8) is 0 Å². The van der Waals surface area contributed by atoms with Gasteiger partial charge in [0.15, 0.2) is 11.6 Å². The molecule has 1 fully saturated rings. The maximum absolute atomic E-state index is 15.0. The summed E-state index contributed by atoms with van der Waals surface area (Å²) in [4.78, 5) is 12.0. The van der Waals surface area contributed by atoms with Crippen molar-refractivity contribution in [3.8, 4) is 11.1 Å². The molecule has 2 atom stereocenters. The van der Waals surface area contributed by atoms with E-state index in [2.05, 4.69) is 25.9 Å². The van der Waals surface area contributed by atoms with Gasteiger partial charge in [0.05, 0.1) is 33.9 Å². The number of rotatable bonds is 5. The van der Waals surface area contributed by atoms with E-state index >= 15 is 0 Å². The summed E-state index contributed by atoms with van der Waals surface area (Å²) in [5.41, 5.74) is 2.65. The highest BCUT2D eigenvalue weighted by Gasteiger charge is 2.43. The highest BCUT2D eigenvalue weighted by molar-refractivity contribution is 6.36. The van der Waals surface area contributed by atoms with Gasteiger partial charge in [0.25, 0.3) is 0 Å². The van der Waals surface area contributed by atoms with E-state index in [1.165, 1.54) is 0 Å². The van der Waals surface area contributed by atoms with Crippen LogP contribution in [0.1, 0.15) is 13.3 Å². The average Bonchev–Trinajstić information content (AvgIpc) is 3.11. The van der Waals surface area contributed by atoms with Gasteiger partial charge in [0.2, 0.25) is 5.91 Å². The molecule has 1 amide bonds. The van der Waals surface area contributed by atoms with E-state index in [4.69, 9.17) is 11.6 Å². The fraction of sp³-hybridized carbons (Fsp3) is 0.250. The third-order valence-electron chi connectivity index (χ3n) is 5.20. The standard InChI is InChI=1S/C20H17ClF2N6O/c1-2-24-19-17(23)16(21)15(12-8-25-27-18(12)19)9-3-4-29-10(5-9)6-14(28-29)26-20(30)11-7-13(11)22/h3-6,8,11,13,24H,2,7H2,1H3,(H,25,27)(H,26,28,30). The van der Waals surface area contributed by atoms with Gasteiger partial charge in [0, 0.05) is 29.8 Å². The molecule has 3 aromatic heterocycles. The Morgan fingerprint density at radius 2 is 2.23 bits per heavy atom. The zero-order valence-electron chi connectivity index (χ0n) is 15.8. The Kier molecular flexibility index (Phi) is 4.35. The lowest BCUT2D eigenvalue weighted by Gasteiger charge is -2.13. The summed E-state index contributed by atoms with van der Waals surface area (Å²) in [6.07, 6.45) is 2.46. The predicted molar refractivity (Wildman–Crippen MR) is 111 cm³/mol. The van der Waals surface area contributed by atoms with E-state index < -0.39 is 17.9 Å². The Labute approximate surface area is 174 Å². The minimum atomic E-state index is -1.08. The lowest BCUT2D eigenvalue weighted by molar-refractivity contribution is -0.117. The van der Waals surface area contributed by atoms with Gasteiger partial charge in [-0.05, 0) is 31.0 Å². The second-order valence-corrected chi connectivity index (χ2v) is 7.61. The minimum absolute atomic E-state index is 0.0139. The third kappa shape index (κ3) is 2.97. The SMILES string of the molecule is CCNc1c(F)c(Cl)c(-c2ccn3nc(NC(=O)C4CC4F)cc3c2)c2cn[nH]c12. The molecule has 0 aliphatic heterocycles. The molecule has 3 N–H and O–H groups in total. The number of alkyl halides is 1. The molecule has 5 rings (SSSR count). The Morgan fingerprint density at radius 1 is 1.43 bits per heavy atom. The summed E-state index contributed by atoms with van der Waals surface area (Å²) in [6, 6.07) is 5.21. The molecule has 0 bridgehead atoms. The van der Waals surface area contributed by atoms with E-state index in [0.717, 1.165) is 0 Å². The molecule has 1 aromatic carbocycles. The number of pyridine rings is 1. The van der Waals surface area contributed by atoms with Gasteiger partial charge in [0.1, 0.15) is 6.17 Å². The number of carbonyl (C=O) groups is 1. The number of aromatic amines is 1. The molecule has 7 nitrogen and oxygen atoms in total. The Bertz CT molecular complexity index is 1300. The number of hydrogen-bond acceptors (Lipinski definition) is 4. The Balaban J connectivity index is 1.57. The molecule has 10 heteroatoms. The molecule has 1 saturated carbocycles. The zero-order chi connectivity index (χ0) is 21.0. The van der Waals surface area contributed by atoms with E-state index in [1.807, 2.05) is 6.92 Å². The second-order valence-electron chi connectivity index (χ2n) is 7.23. The van der Waals surface area contributed by atoms with Gasteiger partial charge in [-0.3, -0.25) is 9.89 Å². The number of hydrogen-bond donors (Lipinski definition) is 3. The number of fused-ring (bicyclic) bond motifs is 2. The maximum Gasteiger partial charge on any atom is 0.231 e. The van der Waals surface area contributed by atoms with Gasteiger partial charge < -0.3 is 10.6 Å². The number of carbonyl (C=O) groups excluding carboxylic acids is 1. The fourth-order valence-corrected chi connectivity index (χ4v) is 3.91. The molecule has 3 heterocycles. The van der Waals surface area contributed by atoms with E-state index in [-0.39, 0.29) is 23.0 Å². The first-order valence-corrected chi connectivity index (χ1v) is 9.88. The van der Waals surface area contributed by atoms with Crippen molar-refractivity contribution >= 4 is 45.4 Å². The summed E-state index contributed by atoms with van der Waals surface area (Å²) in [7, 11) is 0. The third-order valence-corrected chi connectivity index (χ3v) is 5.55. The average molecular weight is 431 g/mol. The van der Waals surface area contributed by atoms with Gasteiger partial charge in [-0.1, -0.05) is 11.6 Å². The summed E-state index contributed by atoms with van der Waals surface area (Å²) >= 11 is 6.41. The van der Waals surface area contributed by atoms with Crippen molar-refractivity contribution < 1.29 is 13.6 Å². The highest BCUT2D eigenvalue weighted by atomic mass is 35.5. The van der Waals surface area contributed by atoms with Crippen LogP contribution < -0.4 is 10.6 Å². The summed E-state index contributed by atoms with van der Waals surface area (Å²) in [5, 5.41) is 17.4. The number of halogens is 3. The number of H-pyrrole nitrogens is 1. The number of anilines is 2. The normalized spacial score (nSPS) is 18.1. The molecule has 0 spiro atoms. The van der Waals surface area contributed by atoms with Crippen LogP contribution in [0.2, 0.25) is 5.02 Å². The van der Waals surface area contributed by atoms with Gasteiger partial charge >= 0.3 is 0 Å². The molecule has 1 aliphatic rings. The summed E-state index contributed by atoms with van der Waals surface area (Å²) in [5.74, 6) is -1.21. The second kappa shape index (κ2) is 6.94. The molecule has 0 saturated heterocycles.